The van der Waals surface area contributed by atoms with Gasteiger partial charge in [0.2, 0.25) is 5.82 Å². The van der Waals surface area contributed by atoms with Crippen molar-refractivity contribution in [3.63, 3.8) is 0 Å². The Morgan fingerprint density at radius 2 is 2.10 bits per heavy atom. The van der Waals surface area contributed by atoms with Crippen LogP contribution in [-0.2, 0) is 0 Å². The summed E-state index contributed by atoms with van der Waals surface area (Å²) in [6.07, 6.45) is 1.78. The molecule has 3 aromatic rings. The first kappa shape index (κ1) is 12.3. The summed E-state index contributed by atoms with van der Waals surface area (Å²) < 4.78 is 15.2. The molecule has 5 nitrogen and oxygen atoms in total. The summed E-state index contributed by atoms with van der Waals surface area (Å²) in [4.78, 5) is 14.4. The topological polar surface area (TPSA) is 60.4 Å². The van der Waals surface area contributed by atoms with E-state index in [-0.39, 0.29) is 0 Å². The summed E-state index contributed by atoms with van der Waals surface area (Å²) in [6.45, 7) is 1.94. The van der Waals surface area contributed by atoms with Crippen molar-refractivity contribution in [1.82, 2.24) is 9.38 Å². The smallest absolute Gasteiger partial charge is 0.304 e. The van der Waals surface area contributed by atoms with Crippen molar-refractivity contribution in [2.75, 3.05) is 0 Å². The average molecular weight is 271 g/mol. The number of halogens is 1. The van der Waals surface area contributed by atoms with Gasteiger partial charge in [0.1, 0.15) is 5.65 Å². The van der Waals surface area contributed by atoms with Crippen molar-refractivity contribution in [3.8, 4) is 11.3 Å². The van der Waals surface area contributed by atoms with E-state index in [1.54, 1.807) is 6.20 Å². The van der Waals surface area contributed by atoms with Crippen LogP contribution in [0.15, 0.2) is 42.6 Å². The van der Waals surface area contributed by atoms with E-state index >= 15 is 0 Å². The summed E-state index contributed by atoms with van der Waals surface area (Å²) in [6, 6.07) is 9.44. The molecule has 0 radical (unpaired) electrons. The SMILES string of the molecule is Cc1cccc2nc(-c3ccc(F)c([N+](=O)[O-])c3)cn12. The lowest BCUT2D eigenvalue weighted by Crippen LogP contribution is -1.92. The van der Waals surface area contributed by atoms with Crippen molar-refractivity contribution in [1.29, 1.82) is 0 Å². The number of hydrogen-bond acceptors (Lipinski definition) is 3. The van der Waals surface area contributed by atoms with Crippen LogP contribution < -0.4 is 0 Å². The predicted molar refractivity (Wildman–Crippen MR) is 72.0 cm³/mol. The number of imidazole rings is 1. The molecule has 20 heavy (non-hydrogen) atoms. The highest BCUT2D eigenvalue weighted by Gasteiger charge is 2.16. The zero-order valence-electron chi connectivity index (χ0n) is 10.6. The van der Waals surface area contributed by atoms with Crippen molar-refractivity contribution < 1.29 is 9.31 Å². The lowest BCUT2D eigenvalue weighted by atomic mass is 10.1. The fourth-order valence-electron chi connectivity index (χ4n) is 2.10. The van der Waals surface area contributed by atoms with Gasteiger partial charge in [-0.3, -0.25) is 10.1 Å². The van der Waals surface area contributed by atoms with Crippen LogP contribution in [0.5, 0.6) is 0 Å². The lowest BCUT2D eigenvalue weighted by molar-refractivity contribution is -0.387. The number of hydrogen-bond donors (Lipinski definition) is 0. The molecule has 3 rings (SSSR count). The van der Waals surface area contributed by atoms with E-state index in [2.05, 4.69) is 4.98 Å². The molecule has 0 fully saturated rings. The Morgan fingerprint density at radius 1 is 1.30 bits per heavy atom. The Kier molecular flexibility index (Phi) is 2.71. The van der Waals surface area contributed by atoms with Crippen LogP contribution in [0.25, 0.3) is 16.9 Å². The first-order chi connectivity index (χ1) is 9.56. The fourth-order valence-corrected chi connectivity index (χ4v) is 2.10. The maximum atomic E-state index is 13.3. The van der Waals surface area contributed by atoms with Gasteiger partial charge < -0.3 is 4.40 Å². The number of aromatic nitrogens is 2. The Morgan fingerprint density at radius 3 is 2.80 bits per heavy atom. The average Bonchev–Trinajstić information content (AvgIpc) is 2.84. The molecule has 0 saturated carbocycles. The van der Waals surface area contributed by atoms with Gasteiger partial charge in [-0.2, -0.15) is 4.39 Å². The first-order valence-electron chi connectivity index (χ1n) is 5.95. The van der Waals surface area contributed by atoms with Crippen molar-refractivity contribution in [3.05, 3.63) is 64.2 Å². The number of pyridine rings is 1. The normalized spacial score (nSPS) is 10.9. The second kappa shape index (κ2) is 4.41. The van der Waals surface area contributed by atoms with Gasteiger partial charge in [0.05, 0.1) is 10.6 Å². The molecule has 0 aliphatic rings. The quantitative estimate of drug-likeness (QED) is 0.530. The van der Waals surface area contributed by atoms with E-state index < -0.39 is 16.4 Å². The molecule has 100 valence electrons. The minimum absolute atomic E-state index is 0.515. The molecule has 2 heterocycles. The lowest BCUT2D eigenvalue weighted by Gasteiger charge is -1.98. The zero-order valence-corrected chi connectivity index (χ0v) is 10.6. The third-order valence-corrected chi connectivity index (χ3v) is 3.13. The van der Waals surface area contributed by atoms with E-state index in [0.29, 0.717) is 11.3 Å². The van der Waals surface area contributed by atoms with Crippen LogP contribution in [0, 0.1) is 22.9 Å². The van der Waals surface area contributed by atoms with Gasteiger partial charge in [-0.1, -0.05) is 6.07 Å². The van der Waals surface area contributed by atoms with Crippen molar-refractivity contribution in [2.45, 2.75) is 6.92 Å². The Balaban J connectivity index is 2.18. The highest BCUT2D eigenvalue weighted by Crippen LogP contribution is 2.26. The van der Waals surface area contributed by atoms with Gasteiger partial charge in [-0.25, -0.2) is 4.98 Å². The van der Waals surface area contributed by atoms with Gasteiger partial charge in [0, 0.05) is 23.5 Å². The summed E-state index contributed by atoms with van der Waals surface area (Å²) in [5.41, 5.74) is 2.28. The van der Waals surface area contributed by atoms with Gasteiger partial charge in [0.25, 0.3) is 0 Å². The van der Waals surface area contributed by atoms with Crippen LogP contribution in [0.1, 0.15) is 5.69 Å². The molecule has 0 aliphatic carbocycles. The Labute approximate surface area is 113 Å². The minimum Gasteiger partial charge on any atom is -0.304 e. The van der Waals surface area contributed by atoms with E-state index in [1.165, 1.54) is 12.1 Å². The molecule has 0 atom stereocenters. The molecule has 0 saturated heterocycles. The number of benzene rings is 1. The fraction of sp³-hybridized carbons (Fsp3) is 0.0714. The molecule has 0 amide bonds. The molecule has 0 bridgehead atoms. The molecule has 0 N–H and O–H groups in total. The van der Waals surface area contributed by atoms with Crippen LogP contribution in [0.4, 0.5) is 10.1 Å². The van der Waals surface area contributed by atoms with Crippen LogP contribution in [0.3, 0.4) is 0 Å². The summed E-state index contributed by atoms with van der Waals surface area (Å²) in [5.74, 6) is -0.848. The van der Waals surface area contributed by atoms with Crippen LogP contribution in [0.2, 0.25) is 0 Å². The molecule has 0 unspecified atom stereocenters. The monoisotopic (exact) mass is 271 g/mol. The maximum absolute atomic E-state index is 13.3. The van der Waals surface area contributed by atoms with E-state index in [0.717, 1.165) is 17.4 Å². The van der Waals surface area contributed by atoms with Crippen LogP contribution >= 0.6 is 0 Å². The number of nitro benzene ring substituents is 1. The largest absolute Gasteiger partial charge is 0.305 e. The number of aryl methyl sites for hydroxylation is 1. The minimum atomic E-state index is -0.848. The highest BCUT2D eigenvalue weighted by atomic mass is 19.1. The third-order valence-electron chi connectivity index (χ3n) is 3.13. The molecule has 2 aromatic heterocycles. The maximum Gasteiger partial charge on any atom is 0.305 e. The molecular formula is C14H10FN3O2. The van der Waals surface area contributed by atoms with Gasteiger partial charge in [0.15, 0.2) is 0 Å². The molecule has 0 aliphatic heterocycles. The number of nitrogens with zero attached hydrogens (tertiary/aromatic N) is 3. The van der Waals surface area contributed by atoms with Gasteiger partial charge in [-0.15, -0.1) is 0 Å². The standard InChI is InChI=1S/C14H10FN3O2/c1-9-3-2-4-14-16-12(8-17(9)14)10-5-6-11(15)13(7-10)18(19)20/h2-8H,1H3. The van der Waals surface area contributed by atoms with Gasteiger partial charge >= 0.3 is 5.69 Å². The predicted octanol–water partition coefficient (Wildman–Crippen LogP) is 3.36. The van der Waals surface area contributed by atoms with Gasteiger partial charge in [-0.05, 0) is 31.2 Å². The second-order valence-corrected chi connectivity index (χ2v) is 4.44. The first-order valence-corrected chi connectivity index (χ1v) is 5.95. The molecule has 1 aromatic carbocycles. The summed E-state index contributed by atoms with van der Waals surface area (Å²) in [5, 5.41) is 10.8. The number of fused-ring (bicyclic) bond motifs is 1. The number of rotatable bonds is 2. The Bertz CT molecular complexity index is 826. The Hall–Kier alpha value is -2.76. The van der Waals surface area contributed by atoms with E-state index in [1.807, 2.05) is 29.5 Å². The molecule has 6 heteroatoms. The second-order valence-electron chi connectivity index (χ2n) is 4.44. The van der Waals surface area contributed by atoms with Crippen molar-refractivity contribution in [2.24, 2.45) is 0 Å². The molecular weight excluding hydrogens is 261 g/mol. The third kappa shape index (κ3) is 1.91. The van der Waals surface area contributed by atoms with Crippen molar-refractivity contribution >= 4 is 11.3 Å². The van der Waals surface area contributed by atoms with E-state index in [4.69, 9.17) is 0 Å². The summed E-state index contributed by atoms with van der Waals surface area (Å²) in [7, 11) is 0. The zero-order chi connectivity index (χ0) is 14.3. The summed E-state index contributed by atoms with van der Waals surface area (Å²) >= 11 is 0. The van der Waals surface area contributed by atoms with E-state index in [9.17, 15) is 14.5 Å². The molecule has 0 spiro atoms. The number of nitro groups is 1. The highest BCUT2D eigenvalue weighted by molar-refractivity contribution is 5.65. The van der Waals surface area contributed by atoms with Crippen LogP contribution in [-0.4, -0.2) is 14.3 Å².